The maximum Gasteiger partial charge on any atom is 0.258 e. The van der Waals surface area contributed by atoms with E-state index in [1.54, 1.807) is 45.2 Å². The third-order valence-electron chi connectivity index (χ3n) is 7.08. The van der Waals surface area contributed by atoms with Crippen molar-refractivity contribution >= 4 is 52.2 Å². The lowest BCUT2D eigenvalue weighted by molar-refractivity contribution is -0.130. The van der Waals surface area contributed by atoms with E-state index in [0.717, 1.165) is 21.7 Å². The predicted molar refractivity (Wildman–Crippen MR) is 177 cm³/mol. The standard InChI is InChI=1S/C33H29ClN6O3S2/c1-22-12-14-23(15-13-22)28-18-27(29-11-6-16-44-29)38-40(28)32(42)21-45-33-37-36-30(39(33)25-8-5-7-24(34)17-25)19-35-31(41)20-43-26-9-3-2-4-10-26/h2-17,28H,18-21H2,1H3,(H,35,41). The normalized spacial score (nSPS) is 14.3. The van der Waals surface area contributed by atoms with Crippen molar-refractivity contribution in [1.29, 1.82) is 0 Å². The number of amides is 2. The molecule has 12 heteroatoms. The van der Waals surface area contributed by atoms with E-state index in [9.17, 15) is 9.59 Å². The fourth-order valence-corrected chi connectivity index (χ4v) is 6.58. The zero-order valence-electron chi connectivity index (χ0n) is 24.3. The Kier molecular flexibility index (Phi) is 9.58. The van der Waals surface area contributed by atoms with Gasteiger partial charge in [0.05, 0.1) is 34.6 Å². The van der Waals surface area contributed by atoms with Crippen LogP contribution in [0.1, 0.15) is 34.3 Å². The molecule has 2 amide bonds. The molecule has 0 saturated carbocycles. The number of nitrogens with zero attached hydrogens (tertiary/aromatic N) is 5. The molecular weight excluding hydrogens is 628 g/mol. The minimum atomic E-state index is -0.306. The highest BCUT2D eigenvalue weighted by molar-refractivity contribution is 7.99. The lowest BCUT2D eigenvalue weighted by atomic mass is 10.00. The van der Waals surface area contributed by atoms with Gasteiger partial charge in [0, 0.05) is 11.4 Å². The quantitative estimate of drug-likeness (QED) is 0.164. The van der Waals surface area contributed by atoms with Crippen LogP contribution in [0.25, 0.3) is 5.69 Å². The van der Waals surface area contributed by atoms with Gasteiger partial charge >= 0.3 is 0 Å². The fraction of sp³-hybridized carbons (Fsp3) is 0.182. The molecule has 0 radical (unpaired) electrons. The SMILES string of the molecule is Cc1ccc(C2CC(c3cccs3)=NN2C(=O)CSc2nnc(CNC(=O)COc3ccccc3)n2-c2cccc(Cl)c2)cc1. The molecule has 0 fully saturated rings. The van der Waals surface area contributed by atoms with Crippen LogP contribution in [-0.2, 0) is 16.1 Å². The number of nitrogens with one attached hydrogen (secondary N) is 1. The molecule has 45 heavy (non-hydrogen) atoms. The van der Waals surface area contributed by atoms with Crippen molar-refractivity contribution < 1.29 is 14.3 Å². The Morgan fingerprint density at radius 1 is 1.02 bits per heavy atom. The average Bonchev–Trinajstić information content (AvgIpc) is 3.83. The molecule has 3 heterocycles. The topological polar surface area (TPSA) is 102 Å². The summed E-state index contributed by atoms with van der Waals surface area (Å²) in [5.74, 6) is 0.717. The molecule has 3 aromatic carbocycles. The van der Waals surface area contributed by atoms with Gasteiger partial charge in [-0.05, 0) is 54.3 Å². The van der Waals surface area contributed by atoms with Crippen molar-refractivity contribution in [2.45, 2.75) is 31.1 Å². The summed E-state index contributed by atoms with van der Waals surface area (Å²) in [5.41, 5.74) is 3.79. The third-order valence-corrected chi connectivity index (χ3v) is 9.15. The summed E-state index contributed by atoms with van der Waals surface area (Å²) < 4.78 is 7.35. The van der Waals surface area contributed by atoms with E-state index >= 15 is 0 Å². The van der Waals surface area contributed by atoms with Crippen LogP contribution in [0.15, 0.2) is 107 Å². The Bertz CT molecular complexity index is 1810. The minimum Gasteiger partial charge on any atom is -0.484 e. The molecule has 1 aliphatic rings. The van der Waals surface area contributed by atoms with Gasteiger partial charge in [0.1, 0.15) is 5.75 Å². The van der Waals surface area contributed by atoms with Crippen LogP contribution in [0.4, 0.5) is 0 Å². The number of aromatic nitrogens is 3. The molecular formula is C33H29ClN6O3S2. The zero-order valence-corrected chi connectivity index (χ0v) is 26.7. The number of aryl methyl sites for hydroxylation is 1. The largest absolute Gasteiger partial charge is 0.484 e. The number of hydrogen-bond acceptors (Lipinski definition) is 8. The molecule has 9 nitrogen and oxygen atoms in total. The van der Waals surface area contributed by atoms with Gasteiger partial charge in [-0.15, -0.1) is 21.5 Å². The van der Waals surface area contributed by atoms with E-state index in [1.807, 2.05) is 54.8 Å². The van der Waals surface area contributed by atoms with Crippen molar-refractivity contribution in [2.75, 3.05) is 12.4 Å². The number of hydrogen-bond donors (Lipinski definition) is 1. The maximum atomic E-state index is 13.7. The highest BCUT2D eigenvalue weighted by Crippen LogP contribution is 2.35. The summed E-state index contributed by atoms with van der Waals surface area (Å²) in [6.07, 6.45) is 0.635. The van der Waals surface area contributed by atoms with Gasteiger partial charge in [0.2, 0.25) is 0 Å². The highest BCUT2D eigenvalue weighted by atomic mass is 35.5. The fourth-order valence-electron chi connectivity index (χ4n) is 4.85. The lowest BCUT2D eigenvalue weighted by Crippen LogP contribution is -2.29. The zero-order chi connectivity index (χ0) is 31.2. The number of hydrazone groups is 1. The summed E-state index contributed by atoms with van der Waals surface area (Å²) in [5, 5.41) is 21.0. The second kappa shape index (κ2) is 14.1. The Hall–Kier alpha value is -4.45. The monoisotopic (exact) mass is 656 g/mol. The minimum absolute atomic E-state index is 0.0829. The Morgan fingerprint density at radius 2 is 1.84 bits per heavy atom. The molecule has 1 aliphatic heterocycles. The lowest BCUT2D eigenvalue weighted by Gasteiger charge is -2.22. The van der Waals surface area contributed by atoms with Gasteiger partial charge in [-0.3, -0.25) is 14.2 Å². The number of carbonyl (C=O) groups is 2. The second-order valence-corrected chi connectivity index (χ2v) is 12.6. The van der Waals surface area contributed by atoms with Gasteiger partial charge in [-0.1, -0.05) is 83.5 Å². The molecule has 0 saturated heterocycles. The molecule has 0 bridgehead atoms. The van der Waals surface area contributed by atoms with Crippen molar-refractivity contribution in [1.82, 2.24) is 25.1 Å². The van der Waals surface area contributed by atoms with E-state index in [2.05, 4.69) is 39.8 Å². The van der Waals surface area contributed by atoms with E-state index < -0.39 is 0 Å². The van der Waals surface area contributed by atoms with Crippen molar-refractivity contribution in [3.63, 3.8) is 0 Å². The van der Waals surface area contributed by atoms with Gasteiger partial charge in [-0.25, -0.2) is 5.01 Å². The number of para-hydroxylation sites is 1. The number of ether oxygens (including phenoxy) is 1. The van der Waals surface area contributed by atoms with Crippen molar-refractivity contribution in [2.24, 2.45) is 5.10 Å². The summed E-state index contributed by atoms with van der Waals surface area (Å²) in [6.45, 7) is 2.00. The van der Waals surface area contributed by atoms with E-state index in [4.69, 9.17) is 21.4 Å². The van der Waals surface area contributed by atoms with Crippen LogP contribution in [0.3, 0.4) is 0 Å². The van der Waals surface area contributed by atoms with Gasteiger partial charge in [0.15, 0.2) is 17.6 Å². The Labute approximate surface area is 273 Å². The number of carbonyl (C=O) groups excluding carboxylic acids is 2. The summed E-state index contributed by atoms with van der Waals surface area (Å²) in [7, 11) is 0. The molecule has 1 unspecified atom stereocenters. The van der Waals surface area contributed by atoms with Crippen molar-refractivity contribution in [3.8, 4) is 11.4 Å². The maximum absolute atomic E-state index is 13.7. The highest BCUT2D eigenvalue weighted by Gasteiger charge is 2.33. The number of benzene rings is 3. The van der Waals surface area contributed by atoms with Gasteiger partial charge < -0.3 is 10.1 Å². The predicted octanol–water partition coefficient (Wildman–Crippen LogP) is 6.46. The van der Waals surface area contributed by atoms with E-state index in [0.29, 0.717) is 33.9 Å². The molecule has 228 valence electrons. The summed E-state index contributed by atoms with van der Waals surface area (Å²) in [6, 6.07) is 28.4. The molecule has 5 aromatic rings. The summed E-state index contributed by atoms with van der Waals surface area (Å²) >= 11 is 9.19. The Morgan fingerprint density at radius 3 is 2.60 bits per heavy atom. The van der Waals surface area contributed by atoms with Crippen LogP contribution in [0, 0.1) is 6.92 Å². The molecule has 6 rings (SSSR count). The average molecular weight is 657 g/mol. The molecule has 2 aromatic heterocycles. The van der Waals surface area contributed by atoms with Crippen LogP contribution in [-0.4, -0.2) is 49.7 Å². The number of thioether (sulfide) groups is 1. The van der Waals surface area contributed by atoms with E-state index in [-0.39, 0.29) is 36.8 Å². The van der Waals surface area contributed by atoms with Crippen LogP contribution in [0.5, 0.6) is 5.75 Å². The first-order valence-electron chi connectivity index (χ1n) is 14.2. The van der Waals surface area contributed by atoms with Crippen molar-refractivity contribution in [3.05, 3.63) is 123 Å². The second-order valence-electron chi connectivity index (χ2n) is 10.3. The van der Waals surface area contributed by atoms with Gasteiger partial charge in [-0.2, -0.15) is 5.10 Å². The van der Waals surface area contributed by atoms with Crippen LogP contribution in [0.2, 0.25) is 5.02 Å². The number of thiophene rings is 1. The van der Waals surface area contributed by atoms with Gasteiger partial charge in [0.25, 0.3) is 11.8 Å². The first-order valence-corrected chi connectivity index (χ1v) is 16.5. The Balaban J connectivity index is 1.19. The molecule has 1 atom stereocenters. The summed E-state index contributed by atoms with van der Waals surface area (Å²) in [4.78, 5) is 27.4. The smallest absolute Gasteiger partial charge is 0.258 e. The molecule has 0 spiro atoms. The van der Waals surface area contributed by atoms with Crippen LogP contribution < -0.4 is 10.1 Å². The first-order chi connectivity index (χ1) is 21.9. The third kappa shape index (κ3) is 7.44. The van der Waals surface area contributed by atoms with E-state index in [1.165, 1.54) is 11.8 Å². The number of rotatable bonds is 11. The van der Waals surface area contributed by atoms with Crippen LogP contribution >= 0.6 is 34.7 Å². The molecule has 1 N–H and O–H groups in total. The first kappa shape index (κ1) is 30.6. The molecule has 0 aliphatic carbocycles. The number of halogens is 1.